The van der Waals surface area contributed by atoms with Gasteiger partial charge in [0.2, 0.25) is 5.78 Å². The monoisotopic (exact) mass is 216 g/mol. The van der Waals surface area contributed by atoms with Crippen molar-refractivity contribution in [3.05, 3.63) is 35.0 Å². The fourth-order valence-electron chi connectivity index (χ4n) is 1.43. The van der Waals surface area contributed by atoms with E-state index in [2.05, 4.69) is 15.0 Å². The van der Waals surface area contributed by atoms with Gasteiger partial charge >= 0.3 is 0 Å². The summed E-state index contributed by atoms with van der Waals surface area (Å²) < 4.78 is 1.89. The summed E-state index contributed by atoms with van der Waals surface area (Å²) in [5.74, 6) is 0.707. The average Bonchev–Trinajstić information content (AvgIpc) is 2.82. The molecule has 0 fully saturated rings. The maximum absolute atomic E-state index is 4.39. The zero-order valence-corrected chi connectivity index (χ0v) is 8.90. The lowest BCUT2D eigenvalue weighted by atomic mass is 10.4. The lowest BCUT2D eigenvalue weighted by Crippen LogP contribution is -1.82. The number of thiazole rings is 1. The molecule has 3 rings (SSSR count). The SMILES string of the molecule is Cc1nc(-c2cn3cccnc3n2)cs1. The molecule has 0 radical (unpaired) electrons. The predicted octanol–water partition coefficient (Wildman–Crippen LogP) is 2.16. The number of imidazole rings is 1. The van der Waals surface area contributed by atoms with E-state index in [0.29, 0.717) is 5.78 Å². The molecule has 0 saturated carbocycles. The highest BCUT2D eigenvalue weighted by Gasteiger charge is 2.07. The van der Waals surface area contributed by atoms with Gasteiger partial charge in [0.15, 0.2) is 0 Å². The lowest BCUT2D eigenvalue weighted by molar-refractivity contribution is 1.11. The van der Waals surface area contributed by atoms with Gasteiger partial charge in [-0.15, -0.1) is 11.3 Å². The number of aromatic nitrogens is 4. The Labute approximate surface area is 90.3 Å². The Hall–Kier alpha value is -1.75. The minimum absolute atomic E-state index is 0.707. The van der Waals surface area contributed by atoms with Crippen LogP contribution in [0.25, 0.3) is 17.2 Å². The maximum atomic E-state index is 4.39. The molecule has 0 atom stereocenters. The third-order valence-electron chi connectivity index (χ3n) is 2.12. The molecule has 74 valence electrons. The first kappa shape index (κ1) is 8.55. The van der Waals surface area contributed by atoms with Gasteiger partial charge in [-0.2, -0.15) is 0 Å². The Morgan fingerprint density at radius 2 is 2.20 bits per heavy atom. The largest absolute Gasteiger partial charge is 0.290 e. The van der Waals surface area contributed by atoms with E-state index in [0.717, 1.165) is 16.4 Å². The van der Waals surface area contributed by atoms with Gasteiger partial charge in [0.05, 0.1) is 5.01 Å². The van der Waals surface area contributed by atoms with Crippen LogP contribution in [-0.2, 0) is 0 Å². The Morgan fingerprint density at radius 1 is 1.27 bits per heavy atom. The second kappa shape index (κ2) is 3.13. The minimum Gasteiger partial charge on any atom is -0.290 e. The van der Waals surface area contributed by atoms with Crippen LogP contribution in [0.15, 0.2) is 30.0 Å². The minimum atomic E-state index is 0.707. The number of aryl methyl sites for hydroxylation is 1. The molecule has 0 bridgehead atoms. The van der Waals surface area contributed by atoms with Gasteiger partial charge in [-0.05, 0) is 13.0 Å². The molecule has 15 heavy (non-hydrogen) atoms. The van der Waals surface area contributed by atoms with E-state index in [-0.39, 0.29) is 0 Å². The quantitative estimate of drug-likeness (QED) is 0.626. The molecule has 0 aromatic carbocycles. The average molecular weight is 216 g/mol. The van der Waals surface area contributed by atoms with Crippen LogP contribution in [0.3, 0.4) is 0 Å². The van der Waals surface area contributed by atoms with E-state index < -0.39 is 0 Å². The Bertz CT molecular complexity index is 577. The smallest absolute Gasteiger partial charge is 0.234 e. The zero-order valence-electron chi connectivity index (χ0n) is 8.08. The number of nitrogens with zero attached hydrogens (tertiary/aromatic N) is 4. The normalized spacial score (nSPS) is 11.0. The van der Waals surface area contributed by atoms with Crippen molar-refractivity contribution in [2.75, 3.05) is 0 Å². The summed E-state index contributed by atoms with van der Waals surface area (Å²) in [4.78, 5) is 12.9. The summed E-state index contributed by atoms with van der Waals surface area (Å²) >= 11 is 1.63. The second-order valence-electron chi connectivity index (χ2n) is 3.20. The van der Waals surface area contributed by atoms with Crippen molar-refractivity contribution in [3.8, 4) is 11.4 Å². The standard InChI is InChI=1S/C10H8N4S/c1-7-12-9(6-15-7)8-5-14-4-2-3-11-10(14)13-8/h2-6H,1H3. The van der Waals surface area contributed by atoms with Crippen LogP contribution in [0.4, 0.5) is 0 Å². The molecule has 5 heteroatoms. The van der Waals surface area contributed by atoms with Crippen molar-refractivity contribution < 1.29 is 0 Å². The summed E-state index contributed by atoms with van der Waals surface area (Å²) in [6.45, 7) is 1.99. The van der Waals surface area contributed by atoms with Gasteiger partial charge in [0, 0.05) is 24.0 Å². The summed E-state index contributed by atoms with van der Waals surface area (Å²) in [7, 11) is 0. The van der Waals surface area contributed by atoms with E-state index in [4.69, 9.17) is 0 Å². The van der Waals surface area contributed by atoms with Gasteiger partial charge in [-0.3, -0.25) is 4.40 Å². The molecular weight excluding hydrogens is 208 g/mol. The van der Waals surface area contributed by atoms with E-state index >= 15 is 0 Å². The van der Waals surface area contributed by atoms with E-state index in [9.17, 15) is 0 Å². The summed E-state index contributed by atoms with van der Waals surface area (Å²) in [5, 5.41) is 3.06. The highest BCUT2D eigenvalue weighted by atomic mass is 32.1. The number of rotatable bonds is 1. The molecule has 3 aromatic heterocycles. The first-order chi connectivity index (χ1) is 7.33. The Kier molecular flexibility index (Phi) is 1.78. The number of hydrogen-bond acceptors (Lipinski definition) is 4. The lowest BCUT2D eigenvalue weighted by Gasteiger charge is -1.85. The van der Waals surface area contributed by atoms with Crippen molar-refractivity contribution >= 4 is 17.1 Å². The van der Waals surface area contributed by atoms with Crippen LogP contribution in [0.5, 0.6) is 0 Å². The maximum Gasteiger partial charge on any atom is 0.234 e. The third kappa shape index (κ3) is 1.41. The summed E-state index contributed by atoms with van der Waals surface area (Å²) in [6, 6.07) is 1.88. The molecule has 0 amide bonds. The first-order valence-electron chi connectivity index (χ1n) is 4.55. The molecule has 0 aliphatic rings. The molecule has 0 aliphatic heterocycles. The van der Waals surface area contributed by atoms with Gasteiger partial charge < -0.3 is 0 Å². The second-order valence-corrected chi connectivity index (χ2v) is 4.27. The Morgan fingerprint density at radius 3 is 2.93 bits per heavy atom. The van der Waals surface area contributed by atoms with Crippen LogP contribution in [-0.4, -0.2) is 19.4 Å². The molecule has 0 N–H and O–H groups in total. The zero-order chi connectivity index (χ0) is 10.3. The molecule has 4 nitrogen and oxygen atoms in total. The highest BCUT2D eigenvalue weighted by molar-refractivity contribution is 7.09. The van der Waals surface area contributed by atoms with Crippen LogP contribution in [0.2, 0.25) is 0 Å². The molecular formula is C10H8N4S. The van der Waals surface area contributed by atoms with E-state index in [1.807, 2.05) is 35.2 Å². The van der Waals surface area contributed by atoms with Crippen LogP contribution >= 0.6 is 11.3 Å². The van der Waals surface area contributed by atoms with Crippen molar-refractivity contribution in [3.63, 3.8) is 0 Å². The topological polar surface area (TPSA) is 43.1 Å². The molecule has 0 spiro atoms. The van der Waals surface area contributed by atoms with E-state index in [1.54, 1.807) is 17.5 Å². The number of hydrogen-bond donors (Lipinski definition) is 0. The summed E-state index contributed by atoms with van der Waals surface area (Å²) in [6.07, 6.45) is 5.60. The van der Waals surface area contributed by atoms with Gasteiger partial charge in [0.1, 0.15) is 11.4 Å². The van der Waals surface area contributed by atoms with Crippen molar-refractivity contribution in [1.29, 1.82) is 0 Å². The van der Waals surface area contributed by atoms with Crippen LogP contribution in [0.1, 0.15) is 5.01 Å². The van der Waals surface area contributed by atoms with Crippen molar-refractivity contribution in [2.45, 2.75) is 6.92 Å². The highest BCUT2D eigenvalue weighted by Crippen LogP contribution is 2.20. The molecule has 3 aromatic rings. The Balaban J connectivity index is 2.19. The van der Waals surface area contributed by atoms with Crippen LogP contribution < -0.4 is 0 Å². The predicted molar refractivity (Wildman–Crippen MR) is 58.8 cm³/mol. The molecule has 0 saturated heterocycles. The van der Waals surface area contributed by atoms with Crippen molar-refractivity contribution in [2.24, 2.45) is 0 Å². The van der Waals surface area contributed by atoms with Crippen LogP contribution in [0, 0.1) is 6.92 Å². The first-order valence-corrected chi connectivity index (χ1v) is 5.43. The fourth-order valence-corrected chi connectivity index (χ4v) is 2.04. The third-order valence-corrected chi connectivity index (χ3v) is 2.89. The fraction of sp³-hybridized carbons (Fsp3) is 0.100. The van der Waals surface area contributed by atoms with E-state index in [1.165, 1.54) is 0 Å². The molecule has 0 aliphatic carbocycles. The number of fused-ring (bicyclic) bond motifs is 1. The molecule has 0 unspecified atom stereocenters. The van der Waals surface area contributed by atoms with Gasteiger partial charge in [-0.1, -0.05) is 0 Å². The summed E-state index contributed by atoms with van der Waals surface area (Å²) in [5.41, 5.74) is 1.79. The van der Waals surface area contributed by atoms with Gasteiger partial charge in [-0.25, -0.2) is 15.0 Å². The van der Waals surface area contributed by atoms with Gasteiger partial charge in [0.25, 0.3) is 0 Å². The molecule has 3 heterocycles. The van der Waals surface area contributed by atoms with Crippen molar-refractivity contribution in [1.82, 2.24) is 19.4 Å².